The van der Waals surface area contributed by atoms with Crippen LogP contribution in [0.15, 0.2) is 0 Å². The summed E-state index contributed by atoms with van der Waals surface area (Å²) in [5.41, 5.74) is 1.45. The molecule has 0 radical (unpaired) electrons. The fourth-order valence-corrected chi connectivity index (χ4v) is 5.60. The molecule has 1 amide bonds. The second-order valence-corrected chi connectivity index (χ2v) is 8.25. The first-order valence-corrected chi connectivity index (χ1v) is 9.10. The summed E-state index contributed by atoms with van der Waals surface area (Å²) in [5.74, 6) is -1.35. The molecular formula is C17H22F3NO2S. The normalized spacial score (nSPS) is 22.8. The number of nitrogens with zero attached hydrogens (tertiary/aromatic N) is 1. The van der Waals surface area contributed by atoms with E-state index in [1.807, 2.05) is 13.8 Å². The second kappa shape index (κ2) is 5.93. The zero-order valence-corrected chi connectivity index (χ0v) is 14.9. The number of carbonyl (C=O) groups excluding carboxylic acids is 1. The maximum absolute atomic E-state index is 13.4. The SMILES string of the molecule is CCOC(=O)N1CCc2sc3c(c2CC1)C(C)(C)CC3C(F)(F)F. The topological polar surface area (TPSA) is 29.5 Å². The van der Waals surface area contributed by atoms with E-state index < -0.39 is 17.5 Å². The maximum Gasteiger partial charge on any atom is 0.409 e. The molecular weight excluding hydrogens is 339 g/mol. The number of hydrogen-bond donors (Lipinski definition) is 0. The lowest BCUT2D eigenvalue weighted by Crippen LogP contribution is -2.33. The Kier molecular flexibility index (Phi) is 4.35. The van der Waals surface area contributed by atoms with Crippen LogP contribution in [-0.4, -0.2) is 36.9 Å². The summed E-state index contributed by atoms with van der Waals surface area (Å²) in [6.45, 7) is 6.90. The Hall–Kier alpha value is -1.24. The van der Waals surface area contributed by atoms with Crippen LogP contribution in [-0.2, 0) is 23.0 Å². The van der Waals surface area contributed by atoms with Crippen LogP contribution in [0, 0.1) is 0 Å². The highest BCUT2D eigenvalue weighted by atomic mass is 32.1. The van der Waals surface area contributed by atoms with Gasteiger partial charge < -0.3 is 9.64 Å². The van der Waals surface area contributed by atoms with Gasteiger partial charge in [-0.05, 0) is 42.7 Å². The minimum Gasteiger partial charge on any atom is -0.450 e. The third kappa shape index (κ3) is 2.91. The maximum atomic E-state index is 13.4. The molecule has 0 saturated carbocycles. The molecule has 7 heteroatoms. The van der Waals surface area contributed by atoms with Crippen molar-refractivity contribution < 1.29 is 22.7 Å². The lowest BCUT2D eigenvalue weighted by Gasteiger charge is -2.22. The standard InChI is InChI=1S/C17H22F3NO2S/c1-4-23-15(22)21-7-5-10-12(6-8-21)24-14-11(17(18,19)20)9-16(2,3)13(10)14/h11H,4-9H2,1-3H3. The van der Waals surface area contributed by atoms with Gasteiger partial charge in [-0.2, -0.15) is 13.2 Å². The molecule has 3 nitrogen and oxygen atoms in total. The van der Waals surface area contributed by atoms with Gasteiger partial charge in [0.05, 0.1) is 12.5 Å². The Morgan fingerprint density at radius 3 is 2.62 bits per heavy atom. The van der Waals surface area contributed by atoms with Crippen LogP contribution in [0.3, 0.4) is 0 Å². The van der Waals surface area contributed by atoms with Crippen LogP contribution >= 0.6 is 11.3 Å². The molecule has 2 heterocycles. The van der Waals surface area contributed by atoms with Gasteiger partial charge in [-0.25, -0.2) is 4.79 Å². The summed E-state index contributed by atoms with van der Waals surface area (Å²) < 4.78 is 45.3. The van der Waals surface area contributed by atoms with E-state index in [2.05, 4.69) is 0 Å². The fraction of sp³-hybridized carbons (Fsp3) is 0.706. The van der Waals surface area contributed by atoms with Crippen molar-refractivity contribution in [3.63, 3.8) is 0 Å². The van der Waals surface area contributed by atoms with Gasteiger partial charge >= 0.3 is 12.3 Å². The van der Waals surface area contributed by atoms with Crippen LogP contribution in [0.25, 0.3) is 0 Å². The Morgan fingerprint density at radius 1 is 1.33 bits per heavy atom. The van der Waals surface area contributed by atoms with Crippen molar-refractivity contribution in [2.24, 2.45) is 0 Å². The number of rotatable bonds is 1. The van der Waals surface area contributed by atoms with E-state index in [-0.39, 0.29) is 12.5 Å². The number of alkyl halides is 3. The van der Waals surface area contributed by atoms with Crippen LogP contribution in [0.4, 0.5) is 18.0 Å². The molecule has 0 aromatic carbocycles. The first kappa shape index (κ1) is 17.6. The third-order valence-corrected chi connectivity index (χ3v) is 6.39. The Balaban J connectivity index is 1.92. The molecule has 2 aliphatic rings. The molecule has 1 atom stereocenters. The lowest BCUT2D eigenvalue weighted by atomic mass is 9.83. The molecule has 1 aromatic heterocycles. The van der Waals surface area contributed by atoms with E-state index in [9.17, 15) is 18.0 Å². The van der Waals surface area contributed by atoms with Crippen LogP contribution in [0.5, 0.6) is 0 Å². The van der Waals surface area contributed by atoms with E-state index >= 15 is 0 Å². The minimum atomic E-state index is -4.19. The lowest BCUT2D eigenvalue weighted by molar-refractivity contribution is -0.151. The summed E-state index contributed by atoms with van der Waals surface area (Å²) in [6.07, 6.45) is -3.20. The third-order valence-electron chi connectivity index (χ3n) is 4.99. The molecule has 0 spiro atoms. The summed E-state index contributed by atoms with van der Waals surface area (Å²) in [5, 5.41) is 0. The van der Waals surface area contributed by atoms with E-state index in [1.54, 1.807) is 11.8 Å². The zero-order chi connectivity index (χ0) is 17.7. The molecule has 0 bridgehead atoms. The Morgan fingerprint density at radius 2 is 2.00 bits per heavy atom. The number of halogens is 3. The van der Waals surface area contributed by atoms with Gasteiger partial charge in [-0.1, -0.05) is 13.8 Å². The molecule has 1 aliphatic carbocycles. The monoisotopic (exact) mass is 361 g/mol. The number of fused-ring (bicyclic) bond motifs is 3. The summed E-state index contributed by atoms with van der Waals surface area (Å²) in [6, 6.07) is 0. The molecule has 24 heavy (non-hydrogen) atoms. The van der Waals surface area contributed by atoms with Crippen molar-refractivity contribution in [2.75, 3.05) is 19.7 Å². The number of hydrogen-bond acceptors (Lipinski definition) is 3. The first-order chi connectivity index (χ1) is 11.1. The number of ether oxygens (including phenoxy) is 1. The Labute approximate surface area is 143 Å². The van der Waals surface area contributed by atoms with E-state index in [4.69, 9.17) is 4.74 Å². The van der Waals surface area contributed by atoms with Gasteiger partial charge in [0, 0.05) is 22.8 Å². The van der Waals surface area contributed by atoms with Gasteiger partial charge in [-0.3, -0.25) is 0 Å². The van der Waals surface area contributed by atoms with Crippen molar-refractivity contribution in [3.8, 4) is 0 Å². The quantitative estimate of drug-likeness (QED) is 0.730. The smallest absolute Gasteiger partial charge is 0.409 e. The molecule has 0 N–H and O–H groups in total. The first-order valence-electron chi connectivity index (χ1n) is 8.28. The minimum absolute atomic E-state index is 0.118. The molecule has 0 fully saturated rings. The summed E-state index contributed by atoms with van der Waals surface area (Å²) >= 11 is 1.30. The molecule has 1 aliphatic heterocycles. The number of amides is 1. The average Bonchev–Trinajstić information content (AvgIpc) is 2.87. The summed E-state index contributed by atoms with van der Waals surface area (Å²) in [4.78, 5) is 15.1. The highest BCUT2D eigenvalue weighted by Gasteiger charge is 2.52. The number of carbonyl (C=O) groups is 1. The molecule has 1 unspecified atom stereocenters. The van der Waals surface area contributed by atoms with Crippen molar-refractivity contribution in [1.82, 2.24) is 4.90 Å². The number of thiophene rings is 1. The highest BCUT2D eigenvalue weighted by molar-refractivity contribution is 7.12. The summed E-state index contributed by atoms with van der Waals surface area (Å²) in [7, 11) is 0. The molecule has 0 saturated heterocycles. The van der Waals surface area contributed by atoms with Crippen LogP contribution in [0.1, 0.15) is 54.0 Å². The molecule has 134 valence electrons. The van der Waals surface area contributed by atoms with Gasteiger partial charge in [0.25, 0.3) is 0 Å². The van der Waals surface area contributed by atoms with Crippen molar-refractivity contribution >= 4 is 17.4 Å². The van der Waals surface area contributed by atoms with Gasteiger partial charge in [0.1, 0.15) is 0 Å². The zero-order valence-electron chi connectivity index (χ0n) is 14.1. The van der Waals surface area contributed by atoms with Crippen LogP contribution in [0.2, 0.25) is 0 Å². The van der Waals surface area contributed by atoms with Gasteiger partial charge in [0.15, 0.2) is 0 Å². The van der Waals surface area contributed by atoms with E-state index in [0.717, 1.165) is 16.0 Å². The van der Waals surface area contributed by atoms with Crippen molar-refractivity contribution in [2.45, 2.75) is 57.5 Å². The predicted molar refractivity (Wildman–Crippen MR) is 86.8 cm³/mol. The fourth-order valence-electron chi connectivity index (χ4n) is 3.95. The molecule has 3 rings (SSSR count). The Bertz CT molecular complexity index is 651. The van der Waals surface area contributed by atoms with Gasteiger partial charge in [-0.15, -0.1) is 11.3 Å². The van der Waals surface area contributed by atoms with E-state index in [1.165, 1.54) is 11.3 Å². The average molecular weight is 361 g/mol. The highest BCUT2D eigenvalue weighted by Crippen LogP contribution is 2.57. The molecule has 1 aromatic rings. The van der Waals surface area contributed by atoms with Crippen LogP contribution < -0.4 is 0 Å². The van der Waals surface area contributed by atoms with E-state index in [0.29, 0.717) is 37.4 Å². The largest absolute Gasteiger partial charge is 0.450 e. The van der Waals surface area contributed by atoms with Gasteiger partial charge in [0.2, 0.25) is 0 Å². The second-order valence-electron chi connectivity index (χ2n) is 7.11. The predicted octanol–water partition coefficient (Wildman–Crippen LogP) is 4.63. The van der Waals surface area contributed by atoms with Crippen molar-refractivity contribution in [3.05, 3.63) is 20.9 Å². The van der Waals surface area contributed by atoms with Crippen molar-refractivity contribution in [1.29, 1.82) is 0 Å².